The lowest BCUT2D eigenvalue weighted by molar-refractivity contribution is 0.103. The summed E-state index contributed by atoms with van der Waals surface area (Å²) in [6.07, 6.45) is 2.41. The second-order valence-corrected chi connectivity index (χ2v) is 8.82. The smallest absolute Gasteiger partial charge is 0.266 e. The summed E-state index contributed by atoms with van der Waals surface area (Å²) in [5.41, 5.74) is 3.13. The lowest BCUT2D eigenvalue weighted by atomic mass is 10.2. The number of benzene rings is 1. The van der Waals surface area contributed by atoms with Crippen molar-refractivity contribution < 1.29 is 4.79 Å². The summed E-state index contributed by atoms with van der Waals surface area (Å²) in [6, 6.07) is 5.72. The van der Waals surface area contributed by atoms with Gasteiger partial charge in [-0.2, -0.15) is 0 Å². The highest BCUT2D eigenvalue weighted by atomic mass is 32.1. The zero-order valence-electron chi connectivity index (χ0n) is 17.8. The Bertz CT molecular complexity index is 1330. The number of aryl methyl sites for hydroxylation is 3. The number of amides is 1. The lowest BCUT2D eigenvalue weighted by Gasteiger charge is -2.06. The van der Waals surface area contributed by atoms with Gasteiger partial charge in [-0.1, -0.05) is 20.8 Å². The Morgan fingerprint density at radius 2 is 2.07 bits per heavy atom. The topological polar surface area (TPSA) is 81.8 Å². The van der Waals surface area contributed by atoms with Crippen LogP contribution in [-0.4, -0.2) is 25.0 Å². The summed E-state index contributed by atoms with van der Waals surface area (Å²) in [7, 11) is 2.00. The predicted octanol–water partition coefficient (Wildman–Crippen LogP) is 4.44. The number of rotatable bonds is 5. The van der Waals surface area contributed by atoms with Crippen LogP contribution in [0.5, 0.6) is 0 Å². The average Bonchev–Trinajstić information content (AvgIpc) is 3.22. The quantitative estimate of drug-likeness (QED) is 0.514. The predicted molar refractivity (Wildman–Crippen MR) is 122 cm³/mol. The highest BCUT2D eigenvalue weighted by Gasteiger charge is 2.20. The largest absolute Gasteiger partial charge is 0.331 e. The molecule has 8 heteroatoms. The first kappa shape index (κ1) is 20.3. The lowest BCUT2D eigenvalue weighted by Crippen LogP contribution is -2.20. The molecule has 156 valence electrons. The third kappa shape index (κ3) is 3.31. The minimum Gasteiger partial charge on any atom is -0.331 e. The first-order valence-electron chi connectivity index (χ1n) is 10.1. The van der Waals surface area contributed by atoms with Gasteiger partial charge in [-0.3, -0.25) is 14.2 Å². The van der Waals surface area contributed by atoms with E-state index in [0.717, 1.165) is 23.3 Å². The number of nitrogens with one attached hydrogen (secondary N) is 1. The molecule has 1 amide bonds. The van der Waals surface area contributed by atoms with Crippen molar-refractivity contribution in [3.05, 3.63) is 51.1 Å². The van der Waals surface area contributed by atoms with Gasteiger partial charge in [-0.25, -0.2) is 9.97 Å². The van der Waals surface area contributed by atoms with E-state index in [1.165, 1.54) is 11.3 Å². The SMILES string of the molecule is CCCn1cnc2sc(C(=O)Nc3ccc4c(c3)nc(C(C)C)n4C)c(C)c2c1=O. The van der Waals surface area contributed by atoms with Crippen LogP contribution in [0, 0.1) is 6.92 Å². The molecular formula is C22H25N5O2S. The normalized spacial score (nSPS) is 11.7. The summed E-state index contributed by atoms with van der Waals surface area (Å²) >= 11 is 1.25. The van der Waals surface area contributed by atoms with Crippen molar-refractivity contribution in [2.45, 2.75) is 46.6 Å². The van der Waals surface area contributed by atoms with Crippen molar-refractivity contribution in [3.8, 4) is 0 Å². The molecule has 0 aliphatic carbocycles. The van der Waals surface area contributed by atoms with Crippen molar-refractivity contribution in [1.29, 1.82) is 0 Å². The van der Waals surface area contributed by atoms with E-state index in [9.17, 15) is 9.59 Å². The standard InChI is InChI=1S/C22H25N5O2S/c1-6-9-27-11-23-21-17(22(27)29)13(4)18(30-21)20(28)24-14-7-8-16-15(10-14)25-19(12(2)3)26(16)5/h7-8,10-12H,6,9H2,1-5H3,(H,24,28). The van der Waals surface area contributed by atoms with Gasteiger partial charge in [0.05, 0.1) is 27.6 Å². The van der Waals surface area contributed by atoms with Gasteiger partial charge in [-0.15, -0.1) is 11.3 Å². The van der Waals surface area contributed by atoms with Crippen LogP contribution in [0.1, 0.15) is 54.2 Å². The molecule has 1 aromatic carbocycles. The van der Waals surface area contributed by atoms with Crippen LogP contribution in [0.3, 0.4) is 0 Å². The maximum Gasteiger partial charge on any atom is 0.266 e. The number of anilines is 1. The fourth-order valence-corrected chi connectivity index (χ4v) is 4.81. The van der Waals surface area contributed by atoms with Gasteiger partial charge < -0.3 is 9.88 Å². The van der Waals surface area contributed by atoms with E-state index in [-0.39, 0.29) is 11.5 Å². The Kier molecular flexibility index (Phi) is 5.19. The van der Waals surface area contributed by atoms with Crippen molar-refractivity contribution in [2.75, 3.05) is 5.32 Å². The maximum absolute atomic E-state index is 13.0. The highest BCUT2D eigenvalue weighted by molar-refractivity contribution is 7.20. The van der Waals surface area contributed by atoms with Gasteiger partial charge in [0.2, 0.25) is 0 Å². The van der Waals surface area contributed by atoms with Crippen LogP contribution >= 0.6 is 11.3 Å². The van der Waals surface area contributed by atoms with E-state index in [2.05, 4.69) is 28.7 Å². The summed E-state index contributed by atoms with van der Waals surface area (Å²) in [4.78, 5) is 35.9. The van der Waals surface area contributed by atoms with Crippen molar-refractivity contribution >= 4 is 44.2 Å². The number of aromatic nitrogens is 4. The molecule has 0 atom stereocenters. The summed E-state index contributed by atoms with van der Waals surface area (Å²) in [5, 5.41) is 3.49. The molecule has 0 radical (unpaired) electrons. The Hall–Kier alpha value is -3.00. The molecule has 4 rings (SSSR count). The molecule has 0 aliphatic heterocycles. The third-order valence-electron chi connectivity index (χ3n) is 5.28. The molecule has 1 N–H and O–H groups in total. The molecule has 30 heavy (non-hydrogen) atoms. The van der Waals surface area contributed by atoms with Crippen molar-refractivity contribution in [1.82, 2.24) is 19.1 Å². The van der Waals surface area contributed by atoms with Crippen LogP contribution in [0.25, 0.3) is 21.3 Å². The first-order valence-corrected chi connectivity index (χ1v) is 10.9. The van der Waals surface area contributed by atoms with Gasteiger partial charge in [0.1, 0.15) is 10.7 Å². The first-order chi connectivity index (χ1) is 14.3. The van der Waals surface area contributed by atoms with Gasteiger partial charge in [0.25, 0.3) is 11.5 Å². The molecule has 0 aliphatic rings. The minimum atomic E-state index is -0.240. The van der Waals surface area contributed by atoms with Crippen LogP contribution in [-0.2, 0) is 13.6 Å². The highest BCUT2D eigenvalue weighted by Crippen LogP contribution is 2.28. The number of hydrogen-bond donors (Lipinski definition) is 1. The number of imidazole rings is 1. The average molecular weight is 424 g/mol. The van der Waals surface area contributed by atoms with Crippen LogP contribution in [0.2, 0.25) is 0 Å². The Balaban J connectivity index is 1.68. The van der Waals surface area contributed by atoms with E-state index in [1.807, 2.05) is 39.1 Å². The molecule has 4 aromatic rings. The van der Waals surface area contributed by atoms with E-state index in [4.69, 9.17) is 4.98 Å². The van der Waals surface area contributed by atoms with E-state index in [1.54, 1.807) is 10.9 Å². The van der Waals surface area contributed by atoms with Gasteiger partial charge in [-0.05, 0) is 37.1 Å². The third-order valence-corrected chi connectivity index (χ3v) is 6.48. The summed E-state index contributed by atoms with van der Waals surface area (Å²) in [6.45, 7) is 8.65. The van der Waals surface area contributed by atoms with Crippen LogP contribution < -0.4 is 10.9 Å². The second kappa shape index (κ2) is 7.68. The summed E-state index contributed by atoms with van der Waals surface area (Å²) in [5.74, 6) is 1.07. The van der Waals surface area contributed by atoms with Crippen LogP contribution in [0.15, 0.2) is 29.3 Å². The second-order valence-electron chi connectivity index (χ2n) is 7.82. The number of thiophene rings is 1. The fourth-order valence-electron chi connectivity index (χ4n) is 3.78. The number of hydrogen-bond acceptors (Lipinski definition) is 5. The van der Waals surface area contributed by atoms with Crippen LogP contribution in [0.4, 0.5) is 5.69 Å². The Morgan fingerprint density at radius 3 is 2.77 bits per heavy atom. The molecule has 0 fully saturated rings. The van der Waals surface area contributed by atoms with Crippen molar-refractivity contribution in [2.24, 2.45) is 7.05 Å². The number of carbonyl (C=O) groups is 1. The molecule has 0 saturated heterocycles. The van der Waals surface area contributed by atoms with E-state index < -0.39 is 0 Å². The van der Waals surface area contributed by atoms with Gasteiger partial charge >= 0.3 is 0 Å². The van der Waals surface area contributed by atoms with Crippen molar-refractivity contribution in [3.63, 3.8) is 0 Å². The fraction of sp³-hybridized carbons (Fsp3) is 0.364. The molecule has 0 spiro atoms. The maximum atomic E-state index is 13.0. The molecule has 0 saturated carbocycles. The monoisotopic (exact) mass is 423 g/mol. The number of fused-ring (bicyclic) bond motifs is 2. The molecule has 0 bridgehead atoms. The summed E-state index contributed by atoms with van der Waals surface area (Å²) < 4.78 is 3.68. The molecule has 3 heterocycles. The molecule has 7 nitrogen and oxygen atoms in total. The van der Waals surface area contributed by atoms with Gasteiger partial charge in [0.15, 0.2) is 0 Å². The van der Waals surface area contributed by atoms with Gasteiger partial charge in [0, 0.05) is 25.2 Å². The Morgan fingerprint density at radius 1 is 1.30 bits per heavy atom. The number of carbonyl (C=O) groups excluding carboxylic acids is 1. The van der Waals surface area contributed by atoms with E-state index in [0.29, 0.717) is 38.8 Å². The minimum absolute atomic E-state index is 0.0919. The van der Waals surface area contributed by atoms with E-state index >= 15 is 0 Å². The zero-order valence-corrected chi connectivity index (χ0v) is 18.6. The Labute approximate surface area is 178 Å². The molecular weight excluding hydrogens is 398 g/mol. The number of nitrogens with zero attached hydrogens (tertiary/aromatic N) is 4. The molecule has 0 unspecified atom stereocenters. The molecule has 3 aromatic heterocycles. The zero-order chi connectivity index (χ0) is 21.6.